The highest BCUT2D eigenvalue weighted by molar-refractivity contribution is 5.91. The summed E-state index contributed by atoms with van der Waals surface area (Å²) in [5, 5.41) is 9.04. The summed E-state index contributed by atoms with van der Waals surface area (Å²) in [6.45, 7) is 4.61. The van der Waals surface area contributed by atoms with Crippen LogP contribution >= 0.6 is 0 Å². The third kappa shape index (κ3) is 5.03. The predicted octanol–water partition coefficient (Wildman–Crippen LogP) is 1.46. The first-order valence-electron chi connectivity index (χ1n) is 6.52. The highest BCUT2D eigenvalue weighted by Crippen LogP contribution is 2.18. The number of hydrogen-bond donors (Lipinski definition) is 3. The zero-order chi connectivity index (χ0) is 16.0. The molecule has 21 heavy (non-hydrogen) atoms. The van der Waals surface area contributed by atoms with E-state index in [0.29, 0.717) is 0 Å². The standard InChI is InChI=1S/C14H19FN2O4/c1-8(2)13(19)17-16-11-6-4-5-10(12(11)15)14(20)21-7-9(3)18/h4-6,8-9,16,18H,7H2,1-3H3,(H,17,19). The van der Waals surface area contributed by atoms with Gasteiger partial charge in [0.15, 0.2) is 5.82 Å². The number of nitrogens with one attached hydrogen (secondary N) is 2. The van der Waals surface area contributed by atoms with E-state index >= 15 is 0 Å². The van der Waals surface area contributed by atoms with Crippen LogP contribution in [0.25, 0.3) is 0 Å². The Balaban J connectivity index is 2.78. The van der Waals surface area contributed by atoms with Crippen LogP contribution in [-0.2, 0) is 9.53 Å². The number of aliphatic hydroxyl groups is 1. The molecule has 0 heterocycles. The zero-order valence-corrected chi connectivity index (χ0v) is 12.1. The van der Waals surface area contributed by atoms with Crippen LogP contribution in [0.4, 0.5) is 10.1 Å². The van der Waals surface area contributed by atoms with E-state index < -0.39 is 17.9 Å². The minimum absolute atomic E-state index is 0.0458. The van der Waals surface area contributed by atoms with Crippen LogP contribution in [0, 0.1) is 11.7 Å². The van der Waals surface area contributed by atoms with Gasteiger partial charge in [-0.1, -0.05) is 19.9 Å². The number of amides is 1. The number of esters is 1. The number of hydrazine groups is 1. The number of aliphatic hydroxyl groups excluding tert-OH is 1. The minimum Gasteiger partial charge on any atom is -0.459 e. The molecule has 116 valence electrons. The highest BCUT2D eigenvalue weighted by Gasteiger charge is 2.17. The van der Waals surface area contributed by atoms with Gasteiger partial charge in [0, 0.05) is 5.92 Å². The topological polar surface area (TPSA) is 87.7 Å². The van der Waals surface area contributed by atoms with Crippen LogP contribution in [-0.4, -0.2) is 29.7 Å². The van der Waals surface area contributed by atoms with Crippen LogP contribution in [0.3, 0.4) is 0 Å². The van der Waals surface area contributed by atoms with Crippen molar-refractivity contribution in [3.8, 4) is 0 Å². The lowest BCUT2D eigenvalue weighted by Gasteiger charge is -2.13. The summed E-state index contributed by atoms with van der Waals surface area (Å²) < 4.78 is 18.9. The molecule has 0 radical (unpaired) electrons. The van der Waals surface area contributed by atoms with Gasteiger partial charge in [-0.15, -0.1) is 0 Å². The quantitative estimate of drug-likeness (QED) is 0.547. The van der Waals surface area contributed by atoms with Gasteiger partial charge in [-0.05, 0) is 19.1 Å². The molecule has 1 unspecified atom stereocenters. The Morgan fingerprint density at radius 3 is 2.57 bits per heavy atom. The van der Waals surface area contributed by atoms with Gasteiger partial charge in [-0.25, -0.2) is 9.18 Å². The van der Waals surface area contributed by atoms with Crippen LogP contribution in [0.5, 0.6) is 0 Å². The lowest BCUT2D eigenvalue weighted by molar-refractivity contribution is -0.123. The average molecular weight is 298 g/mol. The third-order valence-corrected chi connectivity index (χ3v) is 2.52. The SMILES string of the molecule is CC(O)COC(=O)c1cccc(NNC(=O)C(C)C)c1F. The zero-order valence-electron chi connectivity index (χ0n) is 12.1. The van der Waals surface area contributed by atoms with E-state index in [1.807, 2.05) is 0 Å². The van der Waals surface area contributed by atoms with Crippen molar-refractivity contribution >= 4 is 17.6 Å². The molecule has 1 amide bonds. The molecule has 0 aromatic heterocycles. The highest BCUT2D eigenvalue weighted by atomic mass is 19.1. The minimum atomic E-state index is -0.882. The van der Waals surface area contributed by atoms with Gasteiger partial charge in [0.05, 0.1) is 17.4 Å². The number of carbonyl (C=O) groups is 2. The Labute approximate surface area is 122 Å². The predicted molar refractivity (Wildman–Crippen MR) is 75.0 cm³/mol. The van der Waals surface area contributed by atoms with Crippen molar-refractivity contribution < 1.29 is 23.8 Å². The maximum atomic E-state index is 14.1. The van der Waals surface area contributed by atoms with E-state index in [1.54, 1.807) is 13.8 Å². The summed E-state index contributed by atoms with van der Waals surface area (Å²) in [4.78, 5) is 23.1. The Hall–Kier alpha value is -2.15. The number of carbonyl (C=O) groups excluding carboxylic acids is 2. The number of ether oxygens (including phenoxy) is 1. The molecule has 0 aliphatic heterocycles. The van der Waals surface area contributed by atoms with Gasteiger partial charge < -0.3 is 9.84 Å². The first-order valence-corrected chi connectivity index (χ1v) is 6.52. The monoisotopic (exact) mass is 298 g/mol. The molecule has 1 atom stereocenters. The first kappa shape index (κ1) is 16.9. The molecule has 0 spiro atoms. The molecule has 0 fully saturated rings. The molecule has 0 saturated carbocycles. The van der Waals surface area contributed by atoms with E-state index in [-0.39, 0.29) is 29.7 Å². The Bertz CT molecular complexity index is 518. The second kappa shape index (κ2) is 7.58. The molecule has 6 nitrogen and oxygen atoms in total. The molecule has 7 heteroatoms. The number of halogens is 1. The van der Waals surface area contributed by atoms with Crippen LogP contribution < -0.4 is 10.9 Å². The molecule has 3 N–H and O–H groups in total. The lowest BCUT2D eigenvalue weighted by atomic mass is 10.2. The number of benzene rings is 1. The summed E-state index contributed by atoms with van der Waals surface area (Å²) in [6, 6.07) is 4.09. The van der Waals surface area contributed by atoms with Gasteiger partial charge in [0.1, 0.15) is 6.61 Å². The molecule has 0 bridgehead atoms. The average Bonchev–Trinajstić information content (AvgIpc) is 2.43. The summed E-state index contributed by atoms with van der Waals surface area (Å²) in [7, 11) is 0. The van der Waals surface area contributed by atoms with Gasteiger partial charge in [-0.3, -0.25) is 15.6 Å². The van der Waals surface area contributed by atoms with E-state index in [4.69, 9.17) is 9.84 Å². The number of hydrogen-bond acceptors (Lipinski definition) is 5. The summed E-state index contributed by atoms with van der Waals surface area (Å²) in [5.74, 6) is -2.29. The van der Waals surface area contributed by atoms with Crippen molar-refractivity contribution in [1.82, 2.24) is 5.43 Å². The molecule has 1 rings (SSSR count). The molecule has 0 aliphatic rings. The van der Waals surface area contributed by atoms with E-state index in [9.17, 15) is 14.0 Å². The Morgan fingerprint density at radius 2 is 2.00 bits per heavy atom. The van der Waals surface area contributed by atoms with Gasteiger partial charge in [-0.2, -0.15) is 0 Å². The van der Waals surface area contributed by atoms with Gasteiger partial charge in [0.25, 0.3) is 0 Å². The molecule has 1 aromatic rings. The Morgan fingerprint density at radius 1 is 1.33 bits per heavy atom. The number of anilines is 1. The lowest BCUT2D eigenvalue weighted by Crippen LogP contribution is -2.33. The normalized spacial score (nSPS) is 11.9. The van der Waals surface area contributed by atoms with Gasteiger partial charge >= 0.3 is 5.97 Å². The maximum absolute atomic E-state index is 14.1. The second-order valence-electron chi connectivity index (χ2n) is 4.88. The maximum Gasteiger partial charge on any atom is 0.341 e. The smallest absolute Gasteiger partial charge is 0.341 e. The fourth-order valence-electron chi connectivity index (χ4n) is 1.33. The largest absolute Gasteiger partial charge is 0.459 e. The van der Waals surface area contributed by atoms with Crippen LogP contribution in [0.15, 0.2) is 18.2 Å². The molecule has 0 aliphatic carbocycles. The summed E-state index contributed by atoms with van der Waals surface area (Å²) >= 11 is 0. The van der Waals surface area contributed by atoms with E-state index in [1.165, 1.54) is 25.1 Å². The van der Waals surface area contributed by atoms with Crippen molar-refractivity contribution in [2.45, 2.75) is 26.9 Å². The van der Waals surface area contributed by atoms with Crippen LogP contribution in [0.1, 0.15) is 31.1 Å². The van der Waals surface area contributed by atoms with Crippen LogP contribution in [0.2, 0.25) is 0 Å². The van der Waals surface area contributed by atoms with Crippen molar-refractivity contribution in [1.29, 1.82) is 0 Å². The molecular weight excluding hydrogens is 279 g/mol. The molecular formula is C14H19FN2O4. The second-order valence-corrected chi connectivity index (χ2v) is 4.88. The van der Waals surface area contributed by atoms with E-state index in [0.717, 1.165) is 0 Å². The van der Waals surface area contributed by atoms with Crippen molar-refractivity contribution in [2.24, 2.45) is 5.92 Å². The van der Waals surface area contributed by atoms with Gasteiger partial charge in [0.2, 0.25) is 5.91 Å². The molecule has 1 aromatic carbocycles. The Kier molecular flexibility index (Phi) is 6.10. The fourth-order valence-corrected chi connectivity index (χ4v) is 1.33. The fraction of sp³-hybridized carbons (Fsp3) is 0.429. The van der Waals surface area contributed by atoms with Crippen molar-refractivity contribution in [2.75, 3.05) is 12.0 Å². The van der Waals surface area contributed by atoms with Crippen molar-refractivity contribution in [3.05, 3.63) is 29.6 Å². The summed E-state index contributed by atoms with van der Waals surface area (Å²) in [5.41, 5.74) is 4.43. The summed E-state index contributed by atoms with van der Waals surface area (Å²) in [6.07, 6.45) is -0.830. The third-order valence-electron chi connectivity index (χ3n) is 2.52. The first-order chi connectivity index (χ1) is 9.82. The number of rotatable bonds is 6. The van der Waals surface area contributed by atoms with Crippen molar-refractivity contribution in [3.63, 3.8) is 0 Å². The molecule has 0 saturated heterocycles. The van der Waals surface area contributed by atoms with E-state index in [2.05, 4.69) is 10.9 Å².